The van der Waals surface area contributed by atoms with Crippen molar-refractivity contribution in [2.45, 2.75) is 52.0 Å². The molecule has 1 aromatic carbocycles. The van der Waals surface area contributed by atoms with Gasteiger partial charge in [0.1, 0.15) is 5.54 Å². The summed E-state index contributed by atoms with van der Waals surface area (Å²) in [5.74, 6) is -0.0146. The van der Waals surface area contributed by atoms with Crippen molar-refractivity contribution < 1.29 is 9.13 Å². The fraction of sp³-hybridized carbons (Fsp3) is 0.588. The minimum Gasteiger partial charge on any atom is -0.491 e. The van der Waals surface area contributed by atoms with Crippen LogP contribution in [-0.2, 0) is 0 Å². The van der Waals surface area contributed by atoms with Gasteiger partial charge in [-0.25, -0.2) is 4.39 Å². The molecule has 3 nitrogen and oxygen atoms in total. The molecule has 0 radical (unpaired) electrons. The first-order valence-electron chi connectivity index (χ1n) is 7.62. The highest BCUT2D eigenvalue weighted by Gasteiger charge is 2.26. The third kappa shape index (κ3) is 5.02. The molecule has 4 heteroatoms. The molecule has 1 N–H and O–H groups in total. The molecule has 0 spiro atoms. The SMILES string of the molecule is CCCNC(C#N)(CC)CCCOc1cccc(C)c1F. The Bertz CT molecular complexity index is 484. The molecule has 0 aliphatic carbocycles. The van der Waals surface area contributed by atoms with Crippen LogP contribution < -0.4 is 10.1 Å². The van der Waals surface area contributed by atoms with E-state index < -0.39 is 5.54 Å². The maximum atomic E-state index is 13.8. The van der Waals surface area contributed by atoms with E-state index in [0.29, 0.717) is 25.0 Å². The largest absolute Gasteiger partial charge is 0.491 e. The Kier molecular flexibility index (Phi) is 7.18. The van der Waals surface area contributed by atoms with Crippen LogP contribution in [0.3, 0.4) is 0 Å². The highest BCUT2D eigenvalue weighted by atomic mass is 19.1. The van der Waals surface area contributed by atoms with Crippen LogP contribution in [0.5, 0.6) is 5.75 Å². The van der Waals surface area contributed by atoms with E-state index in [2.05, 4.69) is 18.3 Å². The summed E-state index contributed by atoms with van der Waals surface area (Å²) in [6, 6.07) is 7.51. The van der Waals surface area contributed by atoms with Gasteiger partial charge in [0.25, 0.3) is 0 Å². The predicted molar refractivity (Wildman–Crippen MR) is 82.8 cm³/mol. The van der Waals surface area contributed by atoms with Gasteiger partial charge in [-0.1, -0.05) is 26.0 Å². The van der Waals surface area contributed by atoms with Gasteiger partial charge in [-0.3, -0.25) is 5.32 Å². The van der Waals surface area contributed by atoms with Crippen LogP contribution in [0.25, 0.3) is 0 Å². The van der Waals surface area contributed by atoms with E-state index >= 15 is 0 Å². The number of hydrogen-bond acceptors (Lipinski definition) is 3. The molecular formula is C17H25FN2O. The summed E-state index contributed by atoms with van der Waals surface area (Å²) in [6.45, 7) is 7.04. The number of halogens is 1. The highest BCUT2D eigenvalue weighted by Crippen LogP contribution is 2.21. The van der Waals surface area contributed by atoms with Gasteiger partial charge < -0.3 is 4.74 Å². The number of hydrogen-bond donors (Lipinski definition) is 1. The number of aryl methyl sites for hydroxylation is 1. The van der Waals surface area contributed by atoms with Gasteiger partial charge >= 0.3 is 0 Å². The molecular weight excluding hydrogens is 267 g/mol. The Morgan fingerprint density at radius 2 is 2.14 bits per heavy atom. The zero-order valence-electron chi connectivity index (χ0n) is 13.2. The zero-order chi connectivity index (χ0) is 15.7. The highest BCUT2D eigenvalue weighted by molar-refractivity contribution is 5.30. The van der Waals surface area contributed by atoms with E-state index in [0.717, 1.165) is 19.4 Å². The normalized spacial score (nSPS) is 13.5. The van der Waals surface area contributed by atoms with Crippen molar-refractivity contribution >= 4 is 0 Å². The van der Waals surface area contributed by atoms with Crippen LogP contribution >= 0.6 is 0 Å². The quantitative estimate of drug-likeness (QED) is 0.701. The van der Waals surface area contributed by atoms with Crippen LogP contribution in [0.1, 0.15) is 45.1 Å². The van der Waals surface area contributed by atoms with Crippen LogP contribution in [0.2, 0.25) is 0 Å². The Morgan fingerprint density at radius 1 is 1.38 bits per heavy atom. The van der Waals surface area contributed by atoms with E-state index in [4.69, 9.17) is 4.74 Å². The van der Waals surface area contributed by atoms with Crippen molar-refractivity contribution in [2.75, 3.05) is 13.2 Å². The molecule has 1 aromatic rings. The zero-order valence-corrected chi connectivity index (χ0v) is 13.2. The molecule has 0 saturated carbocycles. The Morgan fingerprint density at radius 3 is 2.76 bits per heavy atom. The second-order valence-corrected chi connectivity index (χ2v) is 5.31. The third-order valence-corrected chi connectivity index (χ3v) is 3.69. The maximum Gasteiger partial charge on any atom is 0.167 e. The second kappa shape index (κ2) is 8.63. The predicted octanol–water partition coefficient (Wildman–Crippen LogP) is 3.97. The molecule has 116 valence electrons. The molecule has 1 unspecified atom stereocenters. The summed E-state index contributed by atoms with van der Waals surface area (Å²) in [5, 5.41) is 12.7. The lowest BCUT2D eigenvalue weighted by Gasteiger charge is -2.26. The van der Waals surface area contributed by atoms with Gasteiger partial charge in [-0.15, -0.1) is 0 Å². The molecule has 1 rings (SSSR count). The minimum absolute atomic E-state index is 0.288. The minimum atomic E-state index is -0.496. The average molecular weight is 292 g/mol. The molecule has 0 aromatic heterocycles. The van der Waals surface area contributed by atoms with Gasteiger partial charge in [0.15, 0.2) is 11.6 Å². The first-order valence-corrected chi connectivity index (χ1v) is 7.62. The molecule has 0 fully saturated rings. The monoisotopic (exact) mass is 292 g/mol. The molecule has 0 aliphatic rings. The Labute approximate surface area is 127 Å². The number of nitriles is 1. The van der Waals surface area contributed by atoms with Crippen molar-refractivity contribution in [1.82, 2.24) is 5.32 Å². The van der Waals surface area contributed by atoms with Gasteiger partial charge in [0.2, 0.25) is 0 Å². The van der Waals surface area contributed by atoms with Gasteiger partial charge in [-0.05, 0) is 50.8 Å². The first-order chi connectivity index (χ1) is 10.1. The molecule has 0 aliphatic heterocycles. The van der Waals surface area contributed by atoms with Crippen molar-refractivity contribution in [3.63, 3.8) is 0 Å². The van der Waals surface area contributed by atoms with Crippen LogP contribution in [-0.4, -0.2) is 18.7 Å². The summed E-state index contributed by atoms with van der Waals surface area (Å²) in [6.07, 6.45) is 3.16. The third-order valence-electron chi connectivity index (χ3n) is 3.69. The lowest BCUT2D eigenvalue weighted by Crippen LogP contribution is -2.44. The van der Waals surface area contributed by atoms with Crippen LogP contribution in [0.15, 0.2) is 18.2 Å². The lowest BCUT2D eigenvalue weighted by molar-refractivity contribution is 0.266. The molecule has 0 bridgehead atoms. The van der Waals surface area contributed by atoms with E-state index in [1.54, 1.807) is 25.1 Å². The number of nitrogens with zero attached hydrogens (tertiary/aromatic N) is 1. The fourth-order valence-corrected chi connectivity index (χ4v) is 2.22. The van der Waals surface area contributed by atoms with E-state index in [-0.39, 0.29) is 11.6 Å². The summed E-state index contributed by atoms with van der Waals surface area (Å²) in [5.41, 5.74) is 0.0851. The molecule has 0 saturated heterocycles. The smallest absolute Gasteiger partial charge is 0.167 e. The van der Waals surface area contributed by atoms with Gasteiger partial charge in [0, 0.05) is 0 Å². The summed E-state index contributed by atoms with van der Waals surface area (Å²) in [4.78, 5) is 0. The van der Waals surface area contributed by atoms with Crippen molar-refractivity contribution in [1.29, 1.82) is 5.26 Å². The van der Waals surface area contributed by atoms with Crippen LogP contribution in [0, 0.1) is 24.1 Å². The van der Waals surface area contributed by atoms with E-state index in [1.165, 1.54) is 0 Å². The van der Waals surface area contributed by atoms with E-state index in [1.807, 2.05) is 6.92 Å². The average Bonchev–Trinajstić information content (AvgIpc) is 2.51. The number of benzene rings is 1. The van der Waals surface area contributed by atoms with Gasteiger partial charge in [-0.2, -0.15) is 5.26 Å². The molecule has 0 heterocycles. The Balaban J connectivity index is 2.48. The first kappa shape index (κ1) is 17.5. The molecule has 1 atom stereocenters. The number of rotatable bonds is 9. The number of ether oxygens (including phenoxy) is 1. The summed E-state index contributed by atoms with van der Waals surface area (Å²) in [7, 11) is 0. The summed E-state index contributed by atoms with van der Waals surface area (Å²) < 4.78 is 19.3. The maximum absolute atomic E-state index is 13.8. The van der Waals surface area contributed by atoms with Crippen molar-refractivity contribution in [2.24, 2.45) is 0 Å². The van der Waals surface area contributed by atoms with Crippen molar-refractivity contribution in [3.8, 4) is 11.8 Å². The Hall–Kier alpha value is -1.60. The molecule has 21 heavy (non-hydrogen) atoms. The van der Waals surface area contributed by atoms with Gasteiger partial charge in [0.05, 0.1) is 12.7 Å². The standard InChI is InChI=1S/C17H25FN2O/c1-4-11-20-17(5-2,13-19)10-7-12-21-15-9-6-8-14(3)16(15)18/h6,8-9,20H,4-5,7,10-12H2,1-3H3. The molecule has 0 amide bonds. The topological polar surface area (TPSA) is 45.0 Å². The fourth-order valence-electron chi connectivity index (χ4n) is 2.22. The summed E-state index contributed by atoms with van der Waals surface area (Å²) >= 11 is 0. The second-order valence-electron chi connectivity index (χ2n) is 5.31. The van der Waals surface area contributed by atoms with E-state index in [9.17, 15) is 9.65 Å². The number of nitrogens with one attached hydrogen (secondary N) is 1. The van der Waals surface area contributed by atoms with Crippen LogP contribution in [0.4, 0.5) is 4.39 Å². The van der Waals surface area contributed by atoms with Crippen molar-refractivity contribution in [3.05, 3.63) is 29.6 Å². The lowest BCUT2D eigenvalue weighted by atomic mass is 9.92.